The average molecular weight is 347 g/mol. The number of carbonyl (C=O) groups excluding carboxylic acids is 1. The summed E-state index contributed by atoms with van der Waals surface area (Å²) in [6.07, 6.45) is 3.11. The number of urea groups is 1. The van der Waals surface area contributed by atoms with Gasteiger partial charge in [-0.15, -0.1) is 11.8 Å². The second-order valence-corrected chi connectivity index (χ2v) is 8.71. The summed E-state index contributed by atoms with van der Waals surface area (Å²) in [5.41, 5.74) is 1.86. The Morgan fingerprint density at radius 3 is 2.71 bits per heavy atom. The van der Waals surface area contributed by atoms with Gasteiger partial charge in [-0.2, -0.15) is 5.10 Å². The summed E-state index contributed by atoms with van der Waals surface area (Å²) in [4.78, 5) is 17.2. The van der Waals surface area contributed by atoms with Crippen molar-refractivity contribution in [3.05, 3.63) is 36.4 Å². The number of hydrogen-bond donors (Lipinski definition) is 2. The lowest BCUT2D eigenvalue weighted by Crippen LogP contribution is -2.38. The van der Waals surface area contributed by atoms with Gasteiger partial charge in [-0.05, 0) is 37.6 Å². The zero-order valence-corrected chi connectivity index (χ0v) is 15.6. The Bertz CT molecular complexity index is 679. The lowest BCUT2D eigenvalue weighted by Gasteiger charge is -2.19. The Kier molecular flexibility index (Phi) is 5.88. The molecule has 0 unspecified atom stereocenters. The molecular weight excluding hydrogens is 322 g/mol. The first-order valence-corrected chi connectivity index (χ1v) is 8.74. The molecule has 2 N–H and O–H groups in total. The van der Waals surface area contributed by atoms with Gasteiger partial charge in [-0.25, -0.2) is 9.78 Å². The molecule has 1 atom stereocenters. The number of hydrogen-bond acceptors (Lipinski definition) is 4. The van der Waals surface area contributed by atoms with E-state index in [2.05, 4.69) is 47.6 Å². The number of carbonyl (C=O) groups is 1. The molecule has 0 radical (unpaired) electrons. The lowest BCUT2D eigenvalue weighted by molar-refractivity contribution is 0.247. The summed E-state index contributed by atoms with van der Waals surface area (Å²) in [5.74, 6) is 0. The largest absolute Gasteiger partial charge is 0.334 e. The van der Waals surface area contributed by atoms with Crippen molar-refractivity contribution in [3.8, 4) is 0 Å². The fourth-order valence-electron chi connectivity index (χ4n) is 2.23. The minimum Gasteiger partial charge on any atom is -0.334 e. The SMILES string of the molecule is Cc1cc(SC(C)(C)C)ccc1NC(=O)N[C@H](C)Cn1cncn1. The van der Waals surface area contributed by atoms with E-state index in [1.807, 2.05) is 37.7 Å². The first-order chi connectivity index (χ1) is 11.2. The predicted molar refractivity (Wildman–Crippen MR) is 98.4 cm³/mol. The second-order valence-electron chi connectivity index (χ2n) is 6.81. The van der Waals surface area contributed by atoms with E-state index in [4.69, 9.17) is 0 Å². The van der Waals surface area contributed by atoms with Gasteiger partial charge < -0.3 is 10.6 Å². The first kappa shape index (κ1) is 18.3. The zero-order valence-electron chi connectivity index (χ0n) is 14.8. The molecule has 6 nitrogen and oxygen atoms in total. The maximum Gasteiger partial charge on any atom is 0.319 e. The van der Waals surface area contributed by atoms with Crippen molar-refractivity contribution in [3.63, 3.8) is 0 Å². The minimum absolute atomic E-state index is 0.0530. The van der Waals surface area contributed by atoms with Crippen LogP contribution in [0, 0.1) is 6.92 Å². The number of nitrogens with one attached hydrogen (secondary N) is 2. The molecule has 2 amide bonds. The summed E-state index contributed by atoms with van der Waals surface area (Å²) in [6, 6.07) is 5.82. The highest BCUT2D eigenvalue weighted by Crippen LogP contribution is 2.33. The number of anilines is 1. The molecule has 1 aromatic heterocycles. The van der Waals surface area contributed by atoms with E-state index in [1.54, 1.807) is 11.0 Å². The molecule has 2 rings (SSSR count). The molecule has 0 fully saturated rings. The molecule has 0 aliphatic carbocycles. The van der Waals surface area contributed by atoms with Crippen molar-refractivity contribution in [1.29, 1.82) is 0 Å². The summed E-state index contributed by atoms with van der Waals surface area (Å²) >= 11 is 1.81. The third kappa shape index (κ3) is 5.88. The number of benzene rings is 1. The van der Waals surface area contributed by atoms with Gasteiger partial charge in [0.05, 0.1) is 6.54 Å². The third-order valence-corrected chi connectivity index (χ3v) is 4.28. The van der Waals surface area contributed by atoms with Gasteiger partial charge in [0, 0.05) is 21.4 Å². The van der Waals surface area contributed by atoms with E-state index in [9.17, 15) is 4.79 Å². The Balaban J connectivity index is 1.91. The maximum absolute atomic E-state index is 12.1. The molecule has 0 aliphatic rings. The number of nitrogens with zero attached hydrogens (tertiary/aromatic N) is 3. The molecule has 1 heterocycles. The van der Waals surface area contributed by atoms with Crippen LogP contribution in [0.25, 0.3) is 0 Å². The van der Waals surface area contributed by atoms with Crippen LogP contribution in [0.4, 0.5) is 10.5 Å². The van der Waals surface area contributed by atoms with Crippen LogP contribution in [0.3, 0.4) is 0 Å². The number of thioether (sulfide) groups is 1. The van der Waals surface area contributed by atoms with E-state index >= 15 is 0 Å². The quantitative estimate of drug-likeness (QED) is 0.809. The monoisotopic (exact) mass is 347 g/mol. The first-order valence-electron chi connectivity index (χ1n) is 7.92. The maximum atomic E-state index is 12.1. The highest BCUT2D eigenvalue weighted by atomic mass is 32.2. The smallest absolute Gasteiger partial charge is 0.319 e. The number of rotatable bonds is 5. The highest BCUT2D eigenvalue weighted by Gasteiger charge is 2.14. The third-order valence-electron chi connectivity index (χ3n) is 3.18. The molecule has 0 spiro atoms. The van der Waals surface area contributed by atoms with Gasteiger partial charge in [0.1, 0.15) is 12.7 Å². The van der Waals surface area contributed by atoms with Crippen LogP contribution >= 0.6 is 11.8 Å². The van der Waals surface area contributed by atoms with Crippen LogP contribution < -0.4 is 10.6 Å². The highest BCUT2D eigenvalue weighted by molar-refractivity contribution is 8.00. The average Bonchev–Trinajstić information content (AvgIpc) is 2.92. The van der Waals surface area contributed by atoms with Crippen LogP contribution in [0.2, 0.25) is 0 Å². The summed E-state index contributed by atoms with van der Waals surface area (Å²) < 4.78 is 1.85. The molecule has 1 aromatic carbocycles. The van der Waals surface area contributed by atoms with Crippen LogP contribution in [-0.4, -0.2) is 31.6 Å². The van der Waals surface area contributed by atoms with E-state index in [1.165, 1.54) is 11.2 Å². The van der Waals surface area contributed by atoms with E-state index < -0.39 is 0 Å². The van der Waals surface area contributed by atoms with Gasteiger partial charge in [-0.1, -0.05) is 20.8 Å². The Labute approximate surface area is 147 Å². The summed E-state index contributed by atoms with van der Waals surface area (Å²) in [5, 5.41) is 9.84. The van der Waals surface area contributed by atoms with Crippen molar-refractivity contribution in [2.75, 3.05) is 5.32 Å². The summed E-state index contributed by atoms with van der Waals surface area (Å²) in [7, 11) is 0. The Hall–Kier alpha value is -2.02. The molecule has 24 heavy (non-hydrogen) atoms. The van der Waals surface area contributed by atoms with Gasteiger partial charge >= 0.3 is 6.03 Å². The van der Waals surface area contributed by atoms with E-state index in [0.29, 0.717) is 6.54 Å². The van der Waals surface area contributed by atoms with Crippen LogP contribution in [0.1, 0.15) is 33.3 Å². The van der Waals surface area contributed by atoms with E-state index in [0.717, 1.165) is 11.3 Å². The zero-order chi connectivity index (χ0) is 17.7. The van der Waals surface area contributed by atoms with Crippen LogP contribution in [0.5, 0.6) is 0 Å². The number of aryl methyl sites for hydroxylation is 1. The van der Waals surface area contributed by atoms with E-state index in [-0.39, 0.29) is 16.8 Å². The molecule has 7 heteroatoms. The van der Waals surface area contributed by atoms with Crippen LogP contribution in [0.15, 0.2) is 35.7 Å². The molecule has 0 aliphatic heterocycles. The fourth-order valence-corrected chi connectivity index (χ4v) is 3.31. The number of aromatic nitrogens is 3. The molecule has 130 valence electrons. The van der Waals surface area contributed by atoms with Crippen molar-refractivity contribution in [2.24, 2.45) is 0 Å². The Morgan fingerprint density at radius 2 is 2.12 bits per heavy atom. The lowest BCUT2D eigenvalue weighted by atomic mass is 10.2. The predicted octanol–water partition coefficient (Wildman–Crippen LogP) is 3.69. The summed E-state index contributed by atoms with van der Waals surface area (Å²) in [6.45, 7) is 11.1. The topological polar surface area (TPSA) is 71.8 Å². The van der Waals surface area contributed by atoms with Gasteiger partial charge in [0.25, 0.3) is 0 Å². The molecule has 0 saturated carbocycles. The van der Waals surface area contributed by atoms with Crippen molar-refractivity contribution >= 4 is 23.5 Å². The van der Waals surface area contributed by atoms with Crippen LogP contribution in [-0.2, 0) is 6.54 Å². The Morgan fingerprint density at radius 1 is 1.38 bits per heavy atom. The van der Waals surface area contributed by atoms with Crippen molar-refractivity contribution in [2.45, 2.75) is 56.8 Å². The minimum atomic E-state index is -0.220. The fraction of sp³-hybridized carbons (Fsp3) is 0.471. The number of amides is 2. The molecule has 0 saturated heterocycles. The molecule has 0 bridgehead atoms. The van der Waals surface area contributed by atoms with Gasteiger partial charge in [-0.3, -0.25) is 4.68 Å². The van der Waals surface area contributed by atoms with Gasteiger partial charge in [0.2, 0.25) is 0 Å². The van der Waals surface area contributed by atoms with Crippen molar-refractivity contribution < 1.29 is 4.79 Å². The van der Waals surface area contributed by atoms with Gasteiger partial charge in [0.15, 0.2) is 0 Å². The standard InChI is InChI=1S/C17H25N5OS/c1-12-8-14(24-17(3,4)5)6-7-15(12)21-16(23)20-13(2)9-22-11-18-10-19-22/h6-8,10-11,13H,9H2,1-5H3,(H2,20,21,23)/t13-/m1/s1. The normalized spacial score (nSPS) is 12.7. The second kappa shape index (κ2) is 7.70. The molecular formula is C17H25N5OS. The van der Waals surface area contributed by atoms with Crippen molar-refractivity contribution in [1.82, 2.24) is 20.1 Å². The molecule has 2 aromatic rings.